The zero-order valence-electron chi connectivity index (χ0n) is 12.9. The lowest BCUT2D eigenvalue weighted by atomic mass is 10.1. The van der Waals surface area contributed by atoms with Crippen LogP contribution >= 0.6 is 24.0 Å². The molecule has 0 aliphatic heterocycles. The number of nitrogens with two attached hydrogens (primary N) is 1. The number of aliphatic imine (C=N–C) groups is 1. The van der Waals surface area contributed by atoms with Crippen LogP contribution in [-0.4, -0.2) is 12.5 Å². The molecule has 0 bridgehead atoms. The summed E-state index contributed by atoms with van der Waals surface area (Å²) in [6.45, 7) is 0.884. The second kappa shape index (κ2) is 9.51. The van der Waals surface area contributed by atoms with E-state index in [0.29, 0.717) is 12.1 Å². The van der Waals surface area contributed by atoms with Gasteiger partial charge in [-0.1, -0.05) is 42.5 Å². The molecule has 0 aliphatic carbocycles. The summed E-state index contributed by atoms with van der Waals surface area (Å²) in [6, 6.07) is 14.8. The van der Waals surface area contributed by atoms with Gasteiger partial charge in [0.25, 0.3) is 0 Å². The van der Waals surface area contributed by atoms with Crippen LogP contribution in [0.25, 0.3) is 0 Å². The second-order valence-electron chi connectivity index (χ2n) is 5.06. The Morgan fingerprint density at radius 1 is 0.958 bits per heavy atom. The molecule has 2 aromatic rings. The maximum atomic E-state index is 12.5. The van der Waals surface area contributed by atoms with E-state index in [2.05, 4.69) is 10.3 Å². The highest BCUT2D eigenvalue weighted by Gasteiger charge is 2.29. The van der Waals surface area contributed by atoms with E-state index in [-0.39, 0.29) is 36.5 Å². The highest BCUT2D eigenvalue weighted by Crippen LogP contribution is 2.29. The van der Waals surface area contributed by atoms with E-state index in [1.807, 2.05) is 30.3 Å². The molecule has 0 heterocycles. The second-order valence-corrected chi connectivity index (χ2v) is 5.06. The van der Waals surface area contributed by atoms with Gasteiger partial charge in [-0.3, -0.25) is 0 Å². The fraction of sp³-hybridized carbons (Fsp3) is 0.235. The Hall–Kier alpha value is -1.77. The van der Waals surface area contributed by atoms with E-state index in [0.717, 1.165) is 18.6 Å². The van der Waals surface area contributed by atoms with E-state index in [1.54, 1.807) is 0 Å². The van der Waals surface area contributed by atoms with Gasteiger partial charge in [-0.25, -0.2) is 4.99 Å². The van der Waals surface area contributed by atoms with Gasteiger partial charge < -0.3 is 11.1 Å². The molecule has 2 rings (SSSR count). The van der Waals surface area contributed by atoms with Crippen molar-refractivity contribution in [2.24, 2.45) is 10.7 Å². The summed E-state index contributed by atoms with van der Waals surface area (Å²) in [5.41, 5.74) is 6.94. The fourth-order valence-corrected chi connectivity index (χ4v) is 2.01. The molecule has 0 atom stereocenters. The summed E-state index contributed by atoms with van der Waals surface area (Å²) in [6.07, 6.45) is -3.50. The molecule has 0 spiro atoms. The molecule has 3 N–H and O–H groups in total. The lowest BCUT2D eigenvalue weighted by molar-refractivity contribution is -0.137. The predicted molar refractivity (Wildman–Crippen MR) is 100 cm³/mol. The van der Waals surface area contributed by atoms with Crippen LogP contribution in [-0.2, 0) is 19.1 Å². The number of rotatable bonds is 5. The van der Waals surface area contributed by atoms with Gasteiger partial charge in [-0.05, 0) is 29.7 Å². The minimum atomic E-state index is -4.32. The number of guanidine groups is 1. The monoisotopic (exact) mass is 449 g/mol. The number of benzene rings is 2. The number of halogens is 4. The Morgan fingerprint density at radius 2 is 1.58 bits per heavy atom. The molecule has 0 amide bonds. The summed E-state index contributed by atoms with van der Waals surface area (Å²) in [5.74, 6) is 0.279. The number of hydrogen-bond acceptors (Lipinski definition) is 1. The molecule has 0 radical (unpaired) electrons. The Kier molecular flexibility index (Phi) is 8.03. The number of nitrogens with one attached hydrogen (secondary N) is 1. The molecule has 3 nitrogen and oxygen atoms in total. The molecule has 2 aromatic carbocycles. The normalized spacial score (nSPS) is 11.7. The summed E-state index contributed by atoms with van der Waals surface area (Å²) in [4.78, 5) is 4.12. The number of hydrogen-bond donors (Lipinski definition) is 2. The molecular weight excluding hydrogens is 430 g/mol. The van der Waals surface area contributed by atoms with Crippen LogP contribution in [0.2, 0.25) is 0 Å². The summed E-state index contributed by atoms with van der Waals surface area (Å²) in [5, 5.41) is 2.98. The Morgan fingerprint density at radius 3 is 2.17 bits per heavy atom. The Bertz CT molecular complexity index is 640. The van der Waals surface area contributed by atoms with E-state index < -0.39 is 11.7 Å². The van der Waals surface area contributed by atoms with Crippen LogP contribution < -0.4 is 11.1 Å². The van der Waals surface area contributed by atoms with Crippen molar-refractivity contribution in [1.29, 1.82) is 0 Å². The fourth-order valence-electron chi connectivity index (χ4n) is 2.01. The van der Waals surface area contributed by atoms with Gasteiger partial charge in [0.2, 0.25) is 0 Å². The quantitative estimate of drug-likeness (QED) is 0.413. The van der Waals surface area contributed by atoms with Gasteiger partial charge in [0.1, 0.15) is 0 Å². The van der Waals surface area contributed by atoms with Gasteiger partial charge in [0.05, 0.1) is 12.1 Å². The standard InChI is InChI=1S/C17H18F3N3.HI/c18-17(19,20)15-8-6-14(7-9-15)12-23-16(21)22-11-10-13-4-2-1-3-5-13;/h1-9H,10-12H2,(H3,21,22,23);1H. The van der Waals surface area contributed by atoms with Crippen molar-refractivity contribution in [3.05, 3.63) is 71.3 Å². The zero-order chi connectivity index (χ0) is 16.7. The van der Waals surface area contributed by atoms with Crippen LogP contribution in [0.1, 0.15) is 16.7 Å². The first-order valence-corrected chi connectivity index (χ1v) is 7.19. The van der Waals surface area contributed by atoms with Gasteiger partial charge >= 0.3 is 6.18 Å². The zero-order valence-corrected chi connectivity index (χ0v) is 15.2. The van der Waals surface area contributed by atoms with Crippen molar-refractivity contribution in [2.75, 3.05) is 6.54 Å². The van der Waals surface area contributed by atoms with Gasteiger partial charge in [-0.15, -0.1) is 24.0 Å². The third-order valence-electron chi connectivity index (χ3n) is 3.28. The SMILES string of the molecule is I.NC(=NCc1ccc(C(F)(F)F)cc1)NCCc1ccccc1. The van der Waals surface area contributed by atoms with E-state index in [4.69, 9.17) is 5.73 Å². The first-order valence-electron chi connectivity index (χ1n) is 7.19. The molecule has 0 saturated carbocycles. The number of nitrogens with zero attached hydrogens (tertiary/aromatic N) is 1. The minimum absolute atomic E-state index is 0. The van der Waals surface area contributed by atoms with Crippen molar-refractivity contribution >= 4 is 29.9 Å². The topological polar surface area (TPSA) is 50.4 Å². The van der Waals surface area contributed by atoms with E-state index >= 15 is 0 Å². The molecule has 24 heavy (non-hydrogen) atoms. The molecule has 0 aromatic heterocycles. The van der Waals surface area contributed by atoms with Crippen LogP contribution in [0.4, 0.5) is 13.2 Å². The van der Waals surface area contributed by atoms with Crippen LogP contribution in [0.5, 0.6) is 0 Å². The molecule has 0 aliphatic rings. The predicted octanol–water partition coefficient (Wildman–Crippen LogP) is 3.97. The van der Waals surface area contributed by atoms with Crippen LogP contribution in [0.15, 0.2) is 59.6 Å². The summed E-state index contributed by atoms with van der Waals surface area (Å²) < 4.78 is 37.4. The third-order valence-corrected chi connectivity index (χ3v) is 3.28. The van der Waals surface area contributed by atoms with Crippen molar-refractivity contribution < 1.29 is 13.2 Å². The Labute approximate surface area is 156 Å². The maximum absolute atomic E-state index is 12.5. The molecule has 0 saturated heterocycles. The summed E-state index contributed by atoms with van der Waals surface area (Å²) >= 11 is 0. The van der Waals surface area contributed by atoms with Crippen molar-refractivity contribution in [1.82, 2.24) is 5.32 Å². The maximum Gasteiger partial charge on any atom is 0.416 e. The van der Waals surface area contributed by atoms with Gasteiger partial charge in [0, 0.05) is 6.54 Å². The third kappa shape index (κ3) is 6.77. The Balaban J connectivity index is 0.00000288. The van der Waals surface area contributed by atoms with E-state index in [1.165, 1.54) is 17.7 Å². The summed E-state index contributed by atoms with van der Waals surface area (Å²) in [7, 11) is 0. The van der Waals surface area contributed by atoms with Crippen LogP contribution in [0, 0.1) is 0 Å². The molecule has 130 valence electrons. The molecule has 7 heteroatoms. The van der Waals surface area contributed by atoms with Gasteiger partial charge in [0.15, 0.2) is 5.96 Å². The average molecular weight is 449 g/mol. The molecular formula is C17H19F3IN3. The largest absolute Gasteiger partial charge is 0.416 e. The van der Waals surface area contributed by atoms with Crippen LogP contribution in [0.3, 0.4) is 0 Å². The molecule has 0 fully saturated rings. The molecule has 0 unspecified atom stereocenters. The van der Waals surface area contributed by atoms with Crippen molar-refractivity contribution in [3.63, 3.8) is 0 Å². The average Bonchev–Trinajstić information content (AvgIpc) is 2.53. The minimum Gasteiger partial charge on any atom is -0.370 e. The van der Waals surface area contributed by atoms with Crippen molar-refractivity contribution in [3.8, 4) is 0 Å². The first kappa shape index (κ1) is 20.3. The highest BCUT2D eigenvalue weighted by atomic mass is 127. The van der Waals surface area contributed by atoms with Crippen molar-refractivity contribution in [2.45, 2.75) is 19.1 Å². The first-order chi connectivity index (χ1) is 10.9. The smallest absolute Gasteiger partial charge is 0.370 e. The lowest BCUT2D eigenvalue weighted by Gasteiger charge is -2.08. The number of alkyl halides is 3. The van der Waals surface area contributed by atoms with Gasteiger partial charge in [-0.2, -0.15) is 13.2 Å². The highest BCUT2D eigenvalue weighted by molar-refractivity contribution is 14.0. The van der Waals surface area contributed by atoms with E-state index in [9.17, 15) is 13.2 Å². The lowest BCUT2D eigenvalue weighted by Crippen LogP contribution is -2.33.